The fraction of sp³-hybridized carbons (Fsp3) is 0.250. The fourth-order valence-corrected chi connectivity index (χ4v) is 2.84. The first-order chi connectivity index (χ1) is 9.31. The van der Waals surface area contributed by atoms with Crippen LogP contribution in [-0.2, 0) is 0 Å². The van der Waals surface area contributed by atoms with Crippen LogP contribution in [0.5, 0.6) is 0 Å². The molecule has 0 atom stereocenters. The minimum absolute atomic E-state index is 0.144. The van der Waals surface area contributed by atoms with E-state index in [-0.39, 0.29) is 5.82 Å². The molecule has 0 heterocycles. The number of rotatable bonds is 6. The lowest BCUT2D eigenvalue weighted by Gasteiger charge is -2.23. The number of benzene rings is 2. The van der Waals surface area contributed by atoms with Crippen molar-refractivity contribution >= 4 is 17.4 Å². The Balaban J connectivity index is 1.92. The smallest absolute Gasteiger partial charge is 0.146 e. The maximum atomic E-state index is 13.7. The Labute approximate surface area is 118 Å². The van der Waals surface area contributed by atoms with Crippen LogP contribution in [0.4, 0.5) is 10.1 Å². The molecule has 2 aromatic carbocycles. The van der Waals surface area contributed by atoms with E-state index in [2.05, 4.69) is 24.0 Å². The highest BCUT2D eigenvalue weighted by molar-refractivity contribution is 7.99. The van der Waals surface area contributed by atoms with Gasteiger partial charge in [0.15, 0.2) is 0 Å². The third-order valence-electron chi connectivity index (χ3n) is 2.95. The highest BCUT2D eigenvalue weighted by Gasteiger charge is 2.08. The van der Waals surface area contributed by atoms with E-state index in [0.717, 1.165) is 18.8 Å². The van der Waals surface area contributed by atoms with Crippen molar-refractivity contribution in [3.63, 3.8) is 0 Å². The van der Waals surface area contributed by atoms with Crippen LogP contribution in [-0.4, -0.2) is 18.8 Å². The molecule has 0 bridgehead atoms. The molecule has 0 fully saturated rings. The average Bonchev–Trinajstić information content (AvgIpc) is 2.46. The molecule has 0 aromatic heterocycles. The molecule has 0 spiro atoms. The van der Waals surface area contributed by atoms with Gasteiger partial charge in [0.05, 0.1) is 5.69 Å². The van der Waals surface area contributed by atoms with E-state index in [1.54, 1.807) is 17.8 Å². The van der Waals surface area contributed by atoms with Crippen LogP contribution < -0.4 is 4.90 Å². The fourth-order valence-electron chi connectivity index (χ4n) is 1.95. The summed E-state index contributed by atoms with van der Waals surface area (Å²) in [4.78, 5) is 3.33. The number of hydrogen-bond acceptors (Lipinski definition) is 2. The molecule has 0 amide bonds. The van der Waals surface area contributed by atoms with Gasteiger partial charge in [0, 0.05) is 23.7 Å². The quantitative estimate of drug-likeness (QED) is 0.717. The second-order valence-electron chi connectivity index (χ2n) is 4.19. The summed E-state index contributed by atoms with van der Waals surface area (Å²) in [5.41, 5.74) is 0.693. The zero-order chi connectivity index (χ0) is 13.5. The van der Waals surface area contributed by atoms with Gasteiger partial charge in [-0.3, -0.25) is 0 Å². The SMILES string of the molecule is CCN(CCSc1ccccc1)c1ccccc1F. The predicted molar refractivity (Wildman–Crippen MR) is 81.5 cm³/mol. The van der Waals surface area contributed by atoms with Crippen LogP contribution in [0.15, 0.2) is 59.5 Å². The molecule has 19 heavy (non-hydrogen) atoms. The standard InChI is InChI=1S/C16H18FNS/c1-2-18(16-11-7-6-10-15(16)17)12-13-19-14-8-4-3-5-9-14/h3-11H,2,12-13H2,1H3. The molecule has 0 N–H and O–H groups in total. The van der Waals surface area contributed by atoms with Crippen molar-refractivity contribution < 1.29 is 4.39 Å². The molecule has 0 saturated heterocycles. The number of thioether (sulfide) groups is 1. The van der Waals surface area contributed by atoms with E-state index >= 15 is 0 Å². The van der Waals surface area contributed by atoms with Gasteiger partial charge in [0.25, 0.3) is 0 Å². The van der Waals surface area contributed by atoms with Crippen molar-refractivity contribution in [2.75, 3.05) is 23.7 Å². The Hall–Kier alpha value is -1.48. The summed E-state index contributed by atoms with van der Waals surface area (Å²) in [7, 11) is 0. The molecule has 0 aliphatic rings. The van der Waals surface area contributed by atoms with Gasteiger partial charge >= 0.3 is 0 Å². The molecule has 2 aromatic rings. The van der Waals surface area contributed by atoms with Crippen LogP contribution in [0.25, 0.3) is 0 Å². The minimum Gasteiger partial charge on any atom is -0.369 e. The van der Waals surface area contributed by atoms with Crippen LogP contribution in [0.1, 0.15) is 6.92 Å². The van der Waals surface area contributed by atoms with Crippen LogP contribution in [0, 0.1) is 5.82 Å². The number of anilines is 1. The molecule has 1 nitrogen and oxygen atoms in total. The Morgan fingerprint density at radius 3 is 2.37 bits per heavy atom. The lowest BCUT2D eigenvalue weighted by Crippen LogP contribution is -2.26. The van der Waals surface area contributed by atoms with E-state index in [0.29, 0.717) is 5.69 Å². The van der Waals surface area contributed by atoms with Gasteiger partial charge in [-0.1, -0.05) is 30.3 Å². The van der Waals surface area contributed by atoms with Crippen LogP contribution in [0.3, 0.4) is 0 Å². The summed E-state index contributed by atoms with van der Waals surface area (Å²) in [5, 5.41) is 0. The van der Waals surface area contributed by atoms with E-state index in [4.69, 9.17) is 0 Å². The summed E-state index contributed by atoms with van der Waals surface area (Å²) >= 11 is 1.80. The normalized spacial score (nSPS) is 10.4. The maximum absolute atomic E-state index is 13.7. The lowest BCUT2D eigenvalue weighted by atomic mass is 10.2. The molecular weight excluding hydrogens is 257 g/mol. The number of halogens is 1. The predicted octanol–water partition coefficient (Wildman–Crippen LogP) is 4.44. The molecule has 2 rings (SSSR count). The summed E-state index contributed by atoms with van der Waals surface area (Å²) in [6, 6.07) is 17.3. The minimum atomic E-state index is -0.144. The Morgan fingerprint density at radius 2 is 1.68 bits per heavy atom. The van der Waals surface area contributed by atoms with E-state index < -0.39 is 0 Å². The van der Waals surface area contributed by atoms with Gasteiger partial charge < -0.3 is 4.90 Å². The number of hydrogen-bond donors (Lipinski definition) is 0. The molecule has 0 aliphatic carbocycles. The van der Waals surface area contributed by atoms with E-state index in [9.17, 15) is 4.39 Å². The second-order valence-corrected chi connectivity index (χ2v) is 5.36. The van der Waals surface area contributed by atoms with Gasteiger partial charge in [-0.05, 0) is 31.2 Å². The summed E-state index contributed by atoms with van der Waals surface area (Å²) < 4.78 is 13.7. The van der Waals surface area contributed by atoms with E-state index in [1.165, 1.54) is 11.0 Å². The molecule has 3 heteroatoms. The molecule has 100 valence electrons. The number of para-hydroxylation sites is 1. The van der Waals surface area contributed by atoms with Crippen molar-refractivity contribution in [2.45, 2.75) is 11.8 Å². The Morgan fingerprint density at radius 1 is 1.00 bits per heavy atom. The van der Waals surface area contributed by atoms with Crippen molar-refractivity contribution in [2.24, 2.45) is 0 Å². The maximum Gasteiger partial charge on any atom is 0.146 e. The van der Waals surface area contributed by atoms with Gasteiger partial charge in [0.1, 0.15) is 5.82 Å². The Bertz CT molecular complexity index is 501. The van der Waals surface area contributed by atoms with Gasteiger partial charge in [-0.25, -0.2) is 4.39 Å². The molecular formula is C16H18FNS. The lowest BCUT2D eigenvalue weighted by molar-refractivity contribution is 0.620. The highest BCUT2D eigenvalue weighted by Crippen LogP contribution is 2.21. The summed E-state index contributed by atoms with van der Waals surface area (Å²) in [5.74, 6) is 0.806. The first-order valence-electron chi connectivity index (χ1n) is 6.48. The van der Waals surface area contributed by atoms with Crippen molar-refractivity contribution in [3.8, 4) is 0 Å². The van der Waals surface area contributed by atoms with Crippen molar-refractivity contribution in [3.05, 3.63) is 60.4 Å². The van der Waals surface area contributed by atoms with Crippen LogP contribution in [0.2, 0.25) is 0 Å². The monoisotopic (exact) mass is 275 g/mol. The second kappa shape index (κ2) is 7.19. The van der Waals surface area contributed by atoms with Crippen molar-refractivity contribution in [1.29, 1.82) is 0 Å². The van der Waals surface area contributed by atoms with Gasteiger partial charge in [0.2, 0.25) is 0 Å². The molecule has 0 aliphatic heterocycles. The zero-order valence-corrected chi connectivity index (χ0v) is 11.9. The van der Waals surface area contributed by atoms with Crippen LogP contribution >= 0.6 is 11.8 Å². The first-order valence-corrected chi connectivity index (χ1v) is 7.47. The summed E-state index contributed by atoms with van der Waals surface area (Å²) in [6.45, 7) is 3.72. The molecule has 0 saturated carbocycles. The average molecular weight is 275 g/mol. The highest BCUT2D eigenvalue weighted by atomic mass is 32.2. The number of nitrogens with zero attached hydrogens (tertiary/aromatic N) is 1. The first kappa shape index (κ1) is 13.9. The van der Waals surface area contributed by atoms with Crippen molar-refractivity contribution in [1.82, 2.24) is 0 Å². The molecule has 0 unspecified atom stereocenters. The topological polar surface area (TPSA) is 3.24 Å². The van der Waals surface area contributed by atoms with Gasteiger partial charge in [-0.2, -0.15) is 0 Å². The molecule has 0 radical (unpaired) electrons. The summed E-state index contributed by atoms with van der Waals surface area (Å²) in [6.07, 6.45) is 0. The largest absolute Gasteiger partial charge is 0.369 e. The third-order valence-corrected chi connectivity index (χ3v) is 3.94. The van der Waals surface area contributed by atoms with E-state index in [1.807, 2.05) is 30.3 Å². The van der Waals surface area contributed by atoms with Gasteiger partial charge in [-0.15, -0.1) is 11.8 Å². The third kappa shape index (κ3) is 4.00. The Kier molecular flexibility index (Phi) is 5.28. The zero-order valence-electron chi connectivity index (χ0n) is 11.1.